The van der Waals surface area contributed by atoms with Crippen LogP contribution >= 0.6 is 0 Å². The monoisotopic (exact) mass is 246 g/mol. The molecule has 0 heterocycles. The van der Waals surface area contributed by atoms with Gasteiger partial charge in [0.2, 0.25) is 5.91 Å². The molecule has 1 aromatic carbocycles. The van der Waals surface area contributed by atoms with E-state index in [0.29, 0.717) is 19.4 Å². The molecule has 0 saturated heterocycles. The number of nitrogens with zero attached hydrogens (tertiary/aromatic N) is 1. The molecule has 1 amide bonds. The number of benzene rings is 1. The van der Waals surface area contributed by atoms with E-state index in [4.69, 9.17) is 10.1 Å². The van der Waals surface area contributed by atoms with Gasteiger partial charge in [-0.2, -0.15) is 5.26 Å². The van der Waals surface area contributed by atoms with Crippen molar-refractivity contribution in [3.63, 3.8) is 0 Å². The van der Waals surface area contributed by atoms with Crippen LogP contribution < -0.4 is 5.48 Å². The summed E-state index contributed by atoms with van der Waals surface area (Å²) in [5.41, 5.74) is 3.44. The summed E-state index contributed by atoms with van der Waals surface area (Å²) in [6.45, 7) is 0.376. The van der Waals surface area contributed by atoms with Crippen LogP contribution in [0.5, 0.6) is 0 Å². The summed E-state index contributed by atoms with van der Waals surface area (Å²) in [4.78, 5) is 16.5. The Morgan fingerprint density at radius 3 is 2.72 bits per heavy atom. The van der Waals surface area contributed by atoms with Gasteiger partial charge >= 0.3 is 0 Å². The van der Waals surface area contributed by atoms with Gasteiger partial charge in [-0.3, -0.25) is 9.63 Å². The molecule has 0 unspecified atom stereocenters. The summed E-state index contributed by atoms with van der Waals surface area (Å²) in [6.07, 6.45) is 3.56. The normalized spacial score (nSPS) is 9.72. The van der Waals surface area contributed by atoms with Crippen LogP contribution in [0.25, 0.3) is 0 Å². The molecule has 0 bridgehead atoms. The van der Waals surface area contributed by atoms with Gasteiger partial charge in [0, 0.05) is 12.8 Å². The molecule has 96 valence electrons. The van der Waals surface area contributed by atoms with Gasteiger partial charge in [0.15, 0.2) is 0 Å². The smallest absolute Gasteiger partial charge is 0.243 e. The number of hydrogen-bond donors (Lipinski definition) is 1. The van der Waals surface area contributed by atoms with Crippen LogP contribution in [0.3, 0.4) is 0 Å². The lowest BCUT2D eigenvalue weighted by Gasteiger charge is -2.05. The number of amides is 1. The molecule has 0 spiro atoms. The van der Waals surface area contributed by atoms with Crippen molar-refractivity contribution in [3.05, 3.63) is 35.9 Å². The van der Waals surface area contributed by atoms with Crippen molar-refractivity contribution in [3.8, 4) is 6.07 Å². The van der Waals surface area contributed by atoms with Gasteiger partial charge in [-0.05, 0) is 18.4 Å². The topological polar surface area (TPSA) is 62.1 Å². The van der Waals surface area contributed by atoms with Crippen LogP contribution in [0.2, 0.25) is 0 Å². The van der Waals surface area contributed by atoms with E-state index in [0.717, 1.165) is 24.8 Å². The van der Waals surface area contributed by atoms with Gasteiger partial charge in [0.25, 0.3) is 0 Å². The van der Waals surface area contributed by atoms with Gasteiger partial charge in [0.1, 0.15) is 0 Å². The van der Waals surface area contributed by atoms with Crippen molar-refractivity contribution in [1.82, 2.24) is 5.48 Å². The fraction of sp³-hybridized carbons (Fsp3) is 0.429. The van der Waals surface area contributed by atoms with E-state index < -0.39 is 0 Å². The molecule has 0 aliphatic heterocycles. The zero-order chi connectivity index (χ0) is 13.1. The Bertz CT molecular complexity index is 385. The van der Waals surface area contributed by atoms with Gasteiger partial charge < -0.3 is 0 Å². The second kappa shape index (κ2) is 9.20. The largest absolute Gasteiger partial charge is 0.273 e. The summed E-state index contributed by atoms with van der Waals surface area (Å²) >= 11 is 0. The standard InChI is InChI=1S/C14H18N2O2/c15-11-7-2-1-6-10-14(17)16-18-12-13-8-4-3-5-9-13/h3-5,8-9H,1-2,6-7,10,12H2,(H,16,17). The van der Waals surface area contributed by atoms with E-state index in [1.165, 1.54) is 0 Å². The molecule has 0 atom stereocenters. The first kappa shape index (κ1) is 14.2. The van der Waals surface area contributed by atoms with Crippen LogP contribution in [-0.2, 0) is 16.2 Å². The molecular weight excluding hydrogens is 228 g/mol. The maximum absolute atomic E-state index is 11.4. The molecule has 1 aromatic rings. The molecule has 0 aromatic heterocycles. The molecule has 0 radical (unpaired) electrons. The zero-order valence-electron chi connectivity index (χ0n) is 10.4. The molecule has 4 heteroatoms. The van der Waals surface area contributed by atoms with Gasteiger partial charge in [-0.15, -0.1) is 0 Å². The SMILES string of the molecule is N#CCCCCCC(=O)NOCc1ccccc1. The first-order valence-electron chi connectivity index (χ1n) is 6.14. The fourth-order valence-corrected chi connectivity index (χ4v) is 1.49. The average molecular weight is 246 g/mol. The summed E-state index contributed by atoms with van der Waals surface area (Å²) in [5.74, 6) is -0.108. The summed E-state index contributed by atoms with van der Waals surface area (Å²) in [6, 6.07) is 11.7. The third-order valence-electron chi connectivity index (χ3n) is 2.46. The molecule has 0 aliphatic carbocycles. The number of hydroxylamine groups is 1. The van der Waals surface area contributed by atoms with E-state index in [1.807, 2.05) is 30.3 Å². The van der Waals surface area contributed by atoms with Crippen LogP contribution in [0.1, 0.15) is 37.7 Å². The van der Waals surface area contributed by atoms with E-state index in [-0.39, 0.29) is 5.91 Å². The van der Waals surface area contributed by atoms with Crippen molar-refractivity contribution in [1.29, 1.82) is 5.26 Å². The average Bonchev–Trinajstić information content (AvgIpc) is 2.40. The van der Waals surface area contributed by atoms with Crippen LogP contribution in [0.15, 0.2) is 30.3 Å². The highest BCUT2D eigenvalue weighted by molar-refractivity contribution is 5.74. The Balaban J connectivity index is 2.02. The predicted molar refractivity (Wildman–Crippen MR) is 68.1 cm³/mol. The second-order valence-corrected chi connectivity index (χ2v) is 4.02. The Labute approximate surface area is 108 Å². The minimum Gasteiger partial charge on any atom is -0.273 e. The zero-order valence-corrected chi connectivity index (χ0v) is 10.4. The summed E-state index contributed by atoms with van der Waals surface area (Å²) in [5, 5.41) is 8.35. The highest BCUT2D eigenvalue weighted by atomic mass is 16.6. The number of unbranched alkanes of at least 4 members (excludes halogenated alkanes) is 3. The van der Waals surface area contributed by atoms with Gasteiger partial charge in [0.05, 0.1) is 12.7 Å². The van der Waals surface area contributed by atoms with E-state index in [2.05, 4.69) is 11.5 Å². The maximum atomic E-state index is 11.4. The quantitative estimate of drug-likeness (QED) is 0.566. The van der Waals surface area contributed by atoms with E-state index in [1.54, 1.807) is 0 Å². The number of nitrogens with one attached hydrogen (secondary N) is 1. The predicted octanol–water partition coefficient (Wildman–Crippen LogP) is 2.71. The molecular formula is C14H18N2O2. The van der Waals surface area contributed by atoms with Crippen molar-refractivity contribution < 1.29 is 9.63 Å². The molecule has 0 fully saturated rings. The van der Waals surface area contributed by atoms with Gasteiger partial charge in [-0.1, -0.05) is 36.8 Å². The Hall–Kier alpha value is -1.86. The van der Waals surface area contributed by atoms with Crippen molar-refractivity contribution >= 4 is 5.91 Å². The van der Waals surface area contributed by atoms with Crippen molar-refractivity contribution in [2.45, 2.75) is 38.7 Å². The molecule has 1 rings (SSSR count). The lowest BCUT2D eigenvalue weighted by Crippen LogP contribution is -2.23. The van der Waals surface area contributed by atoms with Crippen molar-refractivity contribution in [2.75, 3.05) is 0 Å². The molecule has 1 N–H and O–H groups in total. The molecule has 4 nitrogen and oxygen atoms in total. The first-order chi connectivity index (χ1) is 8.83. The Morgan fingerprint density at radius 2 is 2.00 bits per heavy atom. The van der Waals surface area contributed by atoms with Crippen molar-refractivity contribution in [2.24, 2.45) is 0 Å². The third-order valence-corrected chi connectivity index (χ3v) is 2.46. The summed E-state index contributed by atoms with van der Waals surface area (Å²) < 4.78 is 0. The number of carbonyl (C=O) groups excluding carboxylic acids is 1. The molecule has 0 saturated carbocycles. The lowest BCUT2D eigenvalue weighted by atomic mass is 10.1. The molecule has 18 heavy (non-hydrogen) atoms. The number of carbonyl (C=O) groups is 1. The van der Waals surface area contributed by atoms with Gasteiger partial charge in [-0.25, -0.2) is 5.48 Å². The highest BCUT2D eigenvalue weighted by Gasteiger charge is 2.01. The minimum absolute atomic E-state index is 0.108. The second-order valence-electron chi connectivity index (χ2n) is 4.02. The Morgan fingerprint density at radius 1 is 1.22 bits per heavy atom. The first-order valence-corrected chi connectivity index (χ1v) is 6.14. The number of nitriles is 1. The third kappa shape index (κ3) is 6.66. The highest BCUT2D eigenvalue weighted by Crippen LogP contribution is 2.03. The van der Waals surface area contributed by atoms with Crippen LogP contribution in [0, 0.1) is 11.3 Å². The minimum atomic E-state index is -0.108. The van der Waals surface area contributed by atoms with E-state index >= 15 is 0 Å². The van der Waals surface area contributed by atoms with Crippen LogP contribution in [-0.4, -0.2) is 5.91 Å². The van der Waals surface area contributed by atoms with Crippen LogP contribution in [0.4, 0.5) is 0 Å². The molecule has 0 aliphatic rings. The fourth-order valence-electron chi connectivity index (χ4n) is 1.49. The summed E-state index contributed by atoms with van der Waals surface area (Å²) in [7, 11) is 0. The number of hydrogen-bond acceptors (Lipinski definition) is 3. The number of rotatable bonds is 8. The lowest BCUT2D eigenvalue weighted by molar-refractivity contribution is -0.134. The maximum Gasteiger partial charge on any atom is 0.243 e. The Kier molecular flexibility index (Phi) is 7.26. The van der Waals surface area contributed by atoms with E-state index in [9.17, 15) is 4.79 Å².